The first-order valence-corrected chi connectivity index (χ1v) is 44.0. The molecule has 17 unspecified atom stereocenters. The monoisotopic (exact) mass is 1520 g/mol. The fraction of sp³-hybridized carbons (Fsp3) is 0.875. The summed E-state index contributed by atoms with van der Waals surface area (Å²) in [4.78, 5) is 13.5. The van der Waals surface area contributed by atoms with E-state index >= 15 is 0 Å². The second-order valence-corrected chi connectivity index (χ2v) is 31.3. The third kappa shape index (κ3) is 47.1. The highest BCUT2D eigenvalue weighted by Crippen LogP contribution is 2.34. The van der Waals surface area contributed by atoms with E-state index in [0.29, 0.717) is 12.8 Å². The molecule has 0 saturated carbocycles. The highest BCUT2D eigenvalue weighted by molar-refractivity contribution is 5.76. The molecule has 0 radical (unpaired) electrons. The summed E-state index contributed by atoms with van der Waals surface area (Å²) < 4.78 is 34.6. The largest absolute Gasteiger partial charge is 0.394 e. The van der Waals surface area contributed by atoms with Crippen molar-refractivity contribution in [3.05, 3.63) is 60.8 Å². The topological polar surface area (TPSA) is 307 Å². The Kier molecular flexibility index (Phi) is 62.7. The zero-order valence-corrected chi connectivity index (χ0v) is 67.4. The van der Waals surface area contributed by atoms with Crippen LogP contribution in [0.25, 0.3) is 0 Å². The normalized spacial score (nSPS) is 25.8. The molecule has 19 nitrogen and oxygen atoms in total. The number of carbonyl (C=O) groups excluding carboxylic acids is 1. The smallest absolute Gasteiger partial charge is 0.220 e. The van der Waals surface area contributed by atoms with Gasteiger partial charge in [0.1, 0.15) is 73.2 Å². The Bertz CT molecular complexity index is 2160. The zero-order chi connectivity index (χ0) is 77.4. The number of amides is 1. The van der Waals surface area contributed by atoms with Crippen LogP contribution in [0, 0.1) is 0 Å². The van der Waals surface area contributed by atoms with Crippen molar-refractivity contribution in [1.82, 2.24) is 5.32 Å². The van der Waals surface area contributed by atoms with Gasteiger partial charge in [0.2, 0.25) is 5.91 Å². The average molecular weight is 1520 g/mol. The fourth-order valence-electron chi connectivity index (χ4n) is 14.9. The van der Waals surface area contributed by atoms with Crippen molar-refractivity contribution in [2.24, 2.45) is 0 Å². The van der Waals surface area contributed by atoms with Gasteiger partial charge in [0, 0.05) is 6.42 Å². The van der Waals surface area contributed by atoms with Gasteiger partial charge in [-0.3, -0.25) is 4.79 Å². The minimum atomic E-state index is -1.97. The summed E-state index contributed by atoms with van der Waals surface area (Å²) in [6.45, 7) is 1.74. The van der Waals surface area contributed by atoms with Crippen molar-refractivity contribution in [1.29, 1.82) is 0 Å². The standard InChI is InChI=1S/C88H161NO18/c1-3-5-7-9-11-13-15-17-19-21-23-25-27-28-29-30-31-32-33-34-35-36-37-38-39-40-41-42-44-46-48-50-52-54-56-58-60-62-64-66-76(94)89-71(72(93)65-63-61-59-57-55-53-51-49-47-45-43-26-24-22-20-18-16-14-12-10-8-6-4-2)70-102-86-82(100)79(97)84(74(68-91)104-86)107-88-83(101)80(98)85(75(69-92)105-88)106-87-81(99)78(96)77(95)73(67-90)103-87/h5,7,11,13,17,19,23,25,28-29,71-75,77-88,90-93,95-101H,3-4,6,8-10,12,14-16,18,20-22,24,26-27,30-70H2,1-2H3,(H,89,94)/b7-5-,13-11-,19-17-,25-23-,29-28-. The van der Waals surface area contributed by atoms with Gasteiger partial charge in [-0.2, -0.15) is 0 Å². The van der Waals surface area contributed by atoms with E-state index in [1.807, 2.05) is 0 Å². The van der Waals surface area contributed by atoms with Crippen LogP contribution >= 0.6 is 0 Å². The minimum Gasteiger partial charge on any atom is -0.394 e. The first-order valence-electron chi connectivity index (χ1n) is 44.0. The zero-order valence-electron chi connectivity index (χ0n) is 67.4. The molecule has 3 aliphatic heterocycles. The SMILES string of the molecule is CC/C=C\C/C=C\C/C=C\C/C=C\C/C=C\CCCCCCCCCCCCCCCCCCCCCCCCCC(=O)NC(COC1OC(CO)C(OC2OC(CO)C(OC3OC(CO)C(O)C(O)C3O)C(O)C2O)C(O)C1O)C(O)CCCCCCCCCCCCCCCCCCCCCCCCC. The summed E-state index contributed by atoms with van der Waals surface area (Å²) in [6.07, 6.45) is 61.8. The quantitative estimate of drug-likeness (QED) is 0.0199. The van der Waals surface area contributed by atoms with E-state index in [4.69, 9.17) is 28.4 Å². The maximum absolute atomic E-state index is 13.5. The fourth-order valence-corrected chi connectivity index (χ4v) is 14.9. The Hall–Kier alpha value is -2.51. The van der Waals surface area contributed by atoms with E-state index in [0.717, 1.165) is 77.0 Å². The Morgan fingerprint density at radius 3 is 1.01 bits per heavy atom. The predicted molar refractivity (Wildman–Crippen MR) is 429 cm³/mol. The second-order valence-electron chi connectivity index (χ2n) is 31.3. The van der Waals surface area contributed by atoms with Crippen LogP contribution in [0.15, 0.2) is 60.8 Å². The molecule has 3 aliphatic rings. The molecule has 0 aromatic rings. The highest BCUT2D eigenvalue weighted by Gasteiger charge is 2.54. The number of ether oxygens (including phenoxy) is 6. The van der Waals surface area contributed by atoms with Crippen LogP contribution in [0.2, 0.25) is 0 Å². The van der Waals surface area contributed by atoms with Gasteiger partial charge in [-0.25, -0.2) is 0 Å². The van der Waals surface area contributed by atoms with Crippen LogP contribution in [-0.4, -0.2) is 193 Å². The highest BCUT2D eigenvalue weighted by atomic mass is 16.8. The lowest BCUT2D eigenvalue weighted by molar-refractivity contribution is -0.379. The molecule has 19 heteroatoms. The van der Waals surface area contributed by atoms with Crippen molar-refractivity contribution in [2.75, 3.05) is 26.4 Å². The Morgan fingerprint density at radius 2 is 0.645 bits per heavy atom. The van der Waals surface area contributed by atoms with Crippen LogP contribution in [0.3, 0.4) is 0 Å². The predicted octanol–water partition coefficient (Wildman–Crippen LogP) is 16.2. The molecular weight excluding hydrogens is 1360 g/mol. The number of unbranched alkanes of at least 4 members (excludes halogenated alkanes) is 45. The molecular formula is C88H161NO18. The van der Waals surface area contributed by atoms with Gasteiger partial charge in [0.05, 0.1) is 38.6 Å². The molecule has 3 rings (SSSR count). The number of aliphatic hydroxyl groups excluding tert-OH is 11. The van der Waals surface area contributed by atoms with Crippen molar-refractivity contribution < 1.29 is 89.4 Å². The van der Waals surface area contributed by atoms with Gasteiger partial charge in [0.25, 0.3) is 0 Å². The van der Waals surface area contributed by atoms with Crippen molar-refractivity contribution in [2.45, 2.75) is 465 Å². The van der Waals surface area contributed by atoms with Gasteiger partial charge in [-0.15, -0.1) is 0 Å². The summed E-state index contributed by atoms with van der Waals surface area (Å²) in [6, 6.07) is -0.888. The molecule has 0 aromatic carbocycles. The van der Waals surface area contributed by atoms with Crippen LogP contribution in [0.1, 0.15) is 361 Å². The van der Waals surface area contributed by atoms with Crippen LogP contribution in [-0.2, 0) is 33.2 Å². The van der Waals surface area contributed by atoms with Gasteiger partial charge in [0.15, 0.2) is 18.9 Å². The number of aliphatic hydroxyl groups is 11. The third-order valence-electron chi connectivity index (χ3n) is 21.9. The molecule has 626 valence electrons. The number of rotatable bonds is 71. The summed E-state index contributed by atoms with van der Waals surface area (Å²) >= 11 is 0. The Balaban J connectivity index is 1.30. The minimum absolute atomic E-state index is 0.236. The average Bonchev–Trinajstić information content (AvgIpc) is 0.781. The summed E-state index contributed by atoms with van der Waals surface area (Å²) in [5.41, 5.74) is 0. The Morgan fingerprint density at radius 1 is 0.346 bits per heavy atom. The van der Waals surface area contributed by atoms with Crippen LogP contribution < -0.4 is 5.32 Å². The van der Waals surface area contributed by atoms with Crippen LogP contribution in [0.4, 0.5) is 0 Å². The summed E-state index contributed by atoms with van der Waals surface area (Å²) in [5, 5.41) is 121. The number of hydrogen-bond acceptors (Lipinski definition) is 18. The third-order valence-corrected chi connectivity index (χ3v) is 21.9. The van der Waals surface area contributed by atoms with E-state index in [1.165, 1.54) is 250 Å². The molecule has 17 atom stereocenters. The van der Waals surface area contributed by atoms with Gasteiger partial charge in [-0.1, -0.05) is 357 Å². The lowest BCUT2D eigenvalue weighted by Gasteiger charge is -2.48. The summed E-state index contributed by atoms with van der Waals surface area (Å²) in [7, 11) is 0. The molecule has 0 spiro atoms. The first kappa shape index (κ1) is 98.7. The summed E-state index contributed by atoms with van der Waals surface area (Å²) in [5.74, 6) is -0.236. The molecule has 0 bridgehead atoms. The second kappa shape index (κ2) is 67.9. The van der Waals surface area contributed by atoms with Gasteiger partial charge >= 0.3 is 0 Å². The van der Waals surface area contributed by atoms with E-state index in [2.05, 4.69) is 79.9 Å². The molecule has 0 aromatic heterocycles. The van der Waals surface area contributed by atoms with Crippen molar-refractivity contribution >= 4 is 5.91 Å². The molecule has 1 amide bonds. The first-order chi connectivity index (χ1) is 52.3. The molecule has 3 fully saturated rings. The van der Waals surface area contributed by atoms with E-state index in [9.17, 15) is 61.0 Å². The molecule has 0 aliphatic carbocycles. The van der Waals surface area contributed by atoms with Crippen LogP contribution in [0.5, 0.6) is 0 Å². The lowest BCUT2D eigenvalue weighted by atomic mass is 9.96. The number of hydrogen-bond donors (Lipinski definition) is 12. The van der Waals surface area contributed by atoms with Gasteiger partial charge < -0.3 is 89.9 Å². The van der Waals surface area contributed by atoms with Gasteiger partial charge in [-0.05, 0) is 57.8 Å². The van der Waals surface area contributed by atoms with Crippen molar-refractivity contribution in [3.63, 3.8) is 0 Å². The molecule has 107 heavy (non-hydrogen) atoms. The van der Waals surface area contributed by atoms with E-state index in [-0.39, 0.29) is 18.9 Å². The number of carbonyl (C=O) groups is 1. The molecule has 12 N–H and O–H groups in total. The number of nitrogens with one attached hydrogen (secondary N) is 1. The maximum atomic E-state index is 13.5. The van der Waals surface area contributed by atoms with E-state index < -0.39 is 124 Å². The van der Waals surface area contributed by atoms with Crippen molar-refractivity contribution in [3.8, 4) is 0 Å². The maximum Gasteiger partial charge on any atom is 0.220 e. The lowest BCUT2D eigenvalue weighted by Crippen LogP contribution is -2.66. The number of allylic oxidation sites excluding steroid dienone is 10. The van der Waals surface area contributed by atoms with E-state index in [1.54, 1.807) is 0 Å². The molecule has 3 saturated heterocycles. The molecule has 3 heterocycles. The Labute approximate surface area is 649 Å².